The quantitative estimate of drug-likeness (QED) is 0.367. The molecule has 0 fully saturated rings. The van der Waals surface area contributed by atoms with Gasteiger partial charge in [0.15, 0.2) is 5.96 Å². The summed E-state index contributed by atoms with van der Waals surface area (Å²) in [4.78, 5) is 9.12. The zero-order valence-electron chi connectivity index (χ0n) is 14.2. The smallest absolute Gasteiger partial charge is 0.191 e. The minimum Gasteiger partial charge on any atom is -0.357 e. The number of unbranched alkanes of at least 4 members (excludes halogenated alkanes) is 2. The maximum absolute atomic E-state index is 4.62. The van der Waals surface area contributed by atoms with Crippen LogP contribution in [0.1, 0.15) is 43.3 Å². The number of aromatic nitrogens is 1. The lowest BCUT2D eigenvalue weighted by Crippen LogP contribution is -2.37. The topological polar surface area (TPSA) is 49.3 Å². The highest BCUT2D eigenvalue weighted by molar-refractivity contribution is 7.98. The molecular formula is C16H30N4S2. The van der Waals surface area contributed by atoms with E-state index in [1.807, 2.05) is 11.8 Å². The van der Waals surface area contributed by atoms with Crippen molar-refractivity contribution >= 4 is 29.1 Å². The Hall–Kier alpha value is -0.750. The fraction of sp³-hybridized carbons (Fsp3) is 0.750. The molecule has 0 bridgehead atoms. The molecule has 6 heteroatoms. The van der Waals surface area contributed by atoms with Gasteiger partial charge < -0.3 is 10.6 Å². The summed E-state index contributed by atoms with van der Waals surface area (Å²) in [7, 11) is 0. The van der Waals surface area contributed by atoms with Crippen molar-refractivity contribution in [2.45, 2.75) is 46.0 Å². The van der Waals surface area contributed by atoms with Crippen LogP contribution in [0.15, 0.2) is 10.4 Å². The Morgan fingerprint density at radius 3 is 2.82 bits per heavy atom. The summed E-state index contributed by atoms with van der Waals surface area (Å²) in [5.41, 5.74) is 1.14. The van der Waals surface area contributed by atoms with E-state index in [1.54, 1.807) is 11.3 Å². The first-order valence-corrected chi connectivity index (χ1v) is 10.5. The van der Waals surface area contributed by atoms with E-state index in [1.165, 1.54) is 30.0 Å². The second kappa shape index (κ2) is 12.8. The van der Waals surface area contributed by atoms with Gasteiger partial charge in [0.2, 0.25) is 0 Å². The van der Waals surface area contributed by atoms with Gasteiger partial charge in [-0.25, -0.2) is 4.98 Å². The van der Waals surface area contributed by atoms with Crippen LogP contribution in [0.2, 0.25) is 0 Å². The third kappa shape index (κ3) is 9.30. The minimum atomic E-state index is 0.911. The average Bonchev–Trinajstić information content (AvgIpc) is 2.92. The molecule has 4 nitrogen and oxygen atoms in total. The highest BCUT2D eigenvalue weighted by atomic mass is 32.2. The number of nitrogens with one attached hydrogen (secondary N) is 2. The van der Waals surface area contributed by atoms with Crippen LogP contribution in [0.3, 0.4) is 0 Å². The van der Waals surface area contributed by atoms with Crippen molar-refractivity contribution in [1.29, 1.82) is 0 Å². The molecule has 0 radical (unpaired) electrons. The van der Waals surface area contributed by atoms with Gasteiger partial charge in [-0.15, -0.1) is 11.3 Å². The lowest BCUT2D eigenvalue weighted by molar-refractivity contribution is 0.690. The molecule has 1 rings (SSSR count). The number of thioether (sulfide) groups is 1. The van der Waals surface area contributed by atoms with Crippen molar-refractivity contribution < 1.29 is 0 Å². The summed E-state index contributed by atoms with van der Waals surface area (Å²) in [6.07, 6.45) is 7.98. The number of rotatable bonds is 11. The van der Waals surface area contributed by atoms with Gasteiger partial charge in [0.1, 0.15) is 0 Å². The largest absolute Gasteiger partial charge is 0.357 e. The van der Waals surface area contributed by atoms with Crippen LogP contribution in [0.25, 0.3) is 0 Å². The van der Waals surface area contributed by atoms with Gasteiger partial charge in [0.05, 0.1) is 5.01 Å². The van der Waals surface area contributed by atoms with Crippen molar-refractivity contribution in [2.24, 2.45) is 4.99 Å². The average molecular weight is 343 g/mol. The summed E-state index contributed by atoms with van der Waals surface area (Å²) in [6.45, 7) is 6.96. The summed E-state index contributed by atoms with van der Waals surface area (Å²) < 4.78 is 0. The number of nitrogens with zero attached hydrogens (tertiary/aromatic N) is 2. The Morgan fingerprint density at radius 2 is 2.14 bits per heavy atom. The van der Waals surface area contributed by atoms with Gasteiger partial charge in [-0.2, -0.15) is 11.8 Å². The Labute approximate surface area is 143 Å². The summed E-state index contributed by atoms with van der Waals surface area (Å²) in [6, 6.07) is 0. The fourth-order valence-corrected chi connectivity index (χ4v) is 3.33. The first-order chi connectivity index (χ1) is 10.8. The third-order valence-corrected chi connectivity index (χ3v) is 4.87. The molecule has 0 amide bonds. The molecule has 0 saturated carbocycles. The van der Waals surface area contributed by atoms with Gasteiger partial charge in [-0.1, -0.05) is 0 Å². The lowest BCUT2D eigenvalue weighted by Gasteiger charge is -2.11. The maximum Gasteiger partial charge on any atom is 0.191 e. The molecule has 1 aromatic heterocycles. The van der Waals surface area contributed by atoms with E-state index in [0.29, 0.717) is 0 Å². The summed E-state index contributed by atoms with van der Waals surface area (Å²) >= 11 is 3.68. The van der Waals surface area contributed by atoms with E-state index in [2.05, 4.69) is 46.1 Å². The van der Waals surface area contributed by atoms with Gasteiger partial charge in [-0.3, -0.25) is 4.99 Å². The van der Waals surface area contributed by atoms with E-state index < -0.39 is 0 Å². The highest BCUT2D eigenvalue weighted by Gasteiger charge is 2.00. The van der Waals surface area contributed by atoms with Gasteiger partial charge in [-0.05, 0) is 58.0 Å². The zero-order valence-corrected chi connectivity index (χ0v) is 15.8. The molecule has 0 spiro atoms. The summed E-state index contributed by atoms with van der Waals surface area (Å²) in [5, 5.41) is 10.1. The molecular weight excluding hydrogens is 312 g/mol. The molecule has 0 aliphatic heterocycles. The Balaban J connectivity index is 2.13. The number of guanidine groups is 1. The fourth-order valence-electron chi connectivity index (χ4n) is 2.02. The Kier molecular flexibility index (Phi) is 11.2. The van der Waals surface area contributed by atoms with Crippen LogP contribution in [-0.2, 0) is 6.42 Å². The maximum atomic E-state index is 4.62. The SMILES string of the molecule is CCNC(=NCCCCSC)NCCCCc1nc(C)cs1. The number of thiazole rings is 1. The van der Waals surface area contributed by atoms with Crippen molar-refractivity contribution in [3.05, 3.63) is 16.1 Å². The van der Waals surface area contributed by atoms with Crippen molar-refractivity contribution in [1.82, 2.24) is 15.6 Å². The Morgan fingerprint density at radius 1 is 1.27 bits per heavy atom. The standard InChI is InChI=1S/C16H30N4S2/c1-4-17-16(19-11-7-8-12-21-3)18-10-6-5-9-15-20-14(2)13-22-15/h13H,4-12H2,1-3H3,(H2,17,18,19). The first kappa shape index (κ1) is 19.3. The second-order valence-electron chi connectivity index (χ2n) is 5.23. The molecule has 0 unspecified atom stereocenters. The number of hydrogen-bond acceptors (Lipinski definition) is 4. The molecule has 0 aromatic carbocycles. The van der Waals surface area contributed by atoms with E-state index in [-0.39, 0.29) is 0 Å². The lowest BCUT2D eigenvalue weighted by atomic mass is 10.2. The summed E-state index contributed by atoms with van der Waals surface area (Å²) in [5.74, 6) is 2.19. The van der Waals surface area contributed by atoms with E-state index >= 15 is 0 Å². The molecule has 0 aliphatic carbocycles. The van der Waals surface area contributed by atoms with Gasteiger partial charge in [0.25, 0.3) is 0 Å². The van der Waals surface area contributed by atoms with Crippen LogP contribution in [0.4, 0.5) is 0 Å². The molecule has 126 valence electrons. The number of hydrogen-bond donors (Lipinski definition) is 2. The minimum absolute atomic E-state index is 0.911. The van der Waals surface area contributed by atoms with Crippen LogP contribution >= 0.6 is 23.1 Å². The molecule has 0 aliphatic rings. The van der Waals surface area contributed by atoms with Crippen molar-refractivity contribution in [3.63, 3.8) is 0 Å². The van der Waals surface area contributed by atoms with Crippen molar-refractivity contribution in [3.8, 4) is 0 Å². The number of aryl methyl sites for hydroxylation is 2. The molecule has 0 saturated heterocycles. The zero-order chi connectivity index (χ0) is 16.0. The van der Waals surface area contributed by atoms with Crippen LogP contribution in [0, 0.1) is 6.92 Å². The normalized spacial score (nSPS) is 11.7. The van der Waals surface area contributed by atoms with Gasteiger partial charge >= 0.3 is 0 Å². The van der Waals surface area contributed by atoms with E-state index in [9.17, 15) is 0 Å². The van der Waals surface area contributed by atoms with Crippen LogP contribution in [-0.4, -0.2) is 42.6 Å². The molecule has 1 aromatic rings. The highest BCUT2D eigenvalue weighted by Crippen LogP contribution is 2.11. The molecule has 0 atom stereocenters. The van der Waals surface area contributed by atoms with Crippen LogP contribution in [0.5, 0.6) is 0 Å². The van der Waals surface area contributed by atoms with Crippen LogP contribution < -0.4 is 10.6 Å². The molecule has 1 heterocycles. The monoisotopic (exact) mass is 342 g/mol. The van der Waals surface area contributed by atoms with Gasteiger partial charge in [0, 0.05) is 30.7 Å². The van der Waals surface area contributed by atoms with Crippen molar-refractivity contribution in [2.75, 3.05) is 31.6 Å². The third-order valence-electron chi connectivity index (χ3n) is 3.15. The molecule has 2 N–H and O–H groups in total. The predicted molar refractivity (Wildman–Crippen MR) is 101 cm³/mol. The number of aliphatic imine (C=N–C) groups is 1. The predicted octanol–water partition coefficient (Wildman–Crippen LogP) is 3.47. The second-order valence-corrected chi connectivity index (χ2v) is 7.16. The Bertz CT molecular complexity index is 418. The van der Waals surface area contributed by atoms with E-state index in [0.717, 1.165) is 44.1 Å². The van der Waals surface area contributed by atoms with E-state index in [4.69, 9.17) is 0 Å². The molecule has 22 heavy (non-hydrogen) atoms. The first-order valence-electron chi connectivity index (χ1n) is 8.18.